The molecule has 0 saturated heterocycles. The van der Waals surface area contributed by atoms with Gasteiger partial charge >= 0.3 is 0 Å². The van der Waals surface area contributed by atoms with Crippen molar-refractivity contribution in [1.82, 2.24) is 15.3 Å². The zero-order valence-corrected chi connectivity index (χ0v) is 15.5. The smallest absolute Gasteiger partial charge is 0.261 e. The van der Waals surface area contributed by atoms with E-state index >= 15 is 0 Å². The fraction of sp³-hybridized carbons (Fsp3) is 0.190. The highest BCUT2D eigenvalue weighted by atomic mass is 16.5. The van der Waals surface area contributed by atoms with Gasteiger partial charge in [0.05, 0.1) is 7.11 Å². The van der Waals surface area contributed by atoms with Crippen molar-refractivity contribution in [3.05, 3.63) is 81.3 Å². The summed E-state index contributed by atoms with van der Waals surface area (Å²) in [6.07, 6.45) is 0. The summed E-state index contributed by atoms with van der Waals surface area (Å²) in [5, 5.41) is 2.74. The van der Waals surface area contributed by atoms with Gasteiger partial charge in [-0.3, -0.25) is 9.59 Å². The molecule has 1 amide bonds. The van der Waals surface area contributed by atoms with E-state index in [0.717, 1.165) is 22.4 Å². The first-order chi connectivity index (χ1) is 13.0. The van der Waals surface area contributed by atoms with E-state index in [9.17, 15) is 9.59 Å². The molecular formula is C21H21N3O3. The second kappa shape index (κ2) is 7.86. The van der Waals surface area contributed by atoms with E-state index in [4.69, 9.17) is 4.74 Å². The second-order valence-electron chi connectivity index (χ2n) is 6.29. The average molecular weight is 363 g/mol. The molecule has 2 aromatic heterocycles. The largest absolute Gasteiger partial charge is 0.481 e. The Bertz CT molecular complexity index is 1040. The number of H-pyrrole nitrogens is 1. The van der Waals surface area contributed by atoms with E-state index in [2.05, 4.69) is 15.3 Å². The number of nitrogens with one attached hydrogen (secondary N) is 2. The Balaban J connectivity index is 1.77. The summed E-state index contributed by atoms with van der Waals surface area (Å²) in [6.45, 7) is 4.06. The van der Waals surface area contributed by atoms with E-state index < -0.39 is 11.5 Å². The Labute approximate surface area is 157 Å². The number of carbonyl (C=O) groups is 1. The molecule has 3 aromatic rings. The highest BCUT2D eigenvalue weighted by molar-refractivity contribution is 5.94. The first-order valence-electron chi connectivity index (χ1n) is 8.57. The standard InChI is InChI=1S/C21H21N3O3/c1-13-5-4-6-15(11-13)18-10-9-17(20(26)24-18)19(25)22-12-16-8-7-14(2)23-21(16)27-3/h4-11H,12H2,1-3H3,(H,22,25)(H,24,26). The van der Waals surface area contributed by atoms with E-state index in [-0.39, 0.29) is 12.1 Å². The first-order valence-corrected chi connectivity index (χ1v) is 8.57. The molecule has 6 nitrogen and oxygen atoms in total. The molecule has 0 bridgehead atoms. The summed E-state index contributed by atoms with van der Waals surface area (Å²) < 4.78 is 5.23. The number of aromatic amines is 1. The number of nitrogens with zero attached hydrogens (tertiary/aromatic N) is 1. The van der Waals surface area contributed by atoms with Crippen LogP contribution in [0, 0.1) is 13.8 Å². The minimum absolute atomic E-state index is 0.0606. The van der Waals surface area contributed by atoms with Crippen molar-refractivity contribution < 1.29 is 9.53 Å². The zero-order valence-electron chi connectivity index (χ0n) is 15.5. The normalized spacial score (nSPS) is 10.5. The summed E-state index contributed by atoms with van der Waals surface area (Å²) >= 11 is 0. The number of aromatic nitrogens is 2. The predicted molar refractivity (Wildman–Crippen MR) is 104 cm³/mol. The van der Waals surface area contributed by atoms with Gasteiger partial charge in [-0.1, -0.05) is 29.8 Å². The van der Waals surface area contributed by atoms with Crippen molar-refractivity contribution in [1.29, 1.82) is 0 Å². The van der Waals surface area contributed by atoms with Crippen LogP contribution in [0.15, 0.2) is 53.3 Å². The number of hydrogen-bond donors (Lipinski definition) is 2. The lowest BCUT2D eigenvalue weighted by Crippen LogP contribution is -2.29. The topological polar surface area (TPSA) is 84.1 Å². The van der Waals surface area contributed by atoms with Gasteiger partial charge in [-0.05, 0) is 43.7 Å². The lowest BCUT2D eigenvalue weighted by atomic mass is 10.1. The van der Waals surface area contributed by atoms with Gasteiger partial charge in [0, 0.05) is 23.5 Å². The SMILES string of the molecule is COc1nc(C)ccc1CNC(=O)c1ccc(-c2cccc(C)c2)[nH]c1=O. The lowest BCUT2D eigenvalue weighted by Gasteiger charge is -2.10. The predicted octanol–water partition coefficient (Wildman–Crippen LogP) is 2.99. The third-order valence-electron chi connectivity index (χ3n) is 4.19. The fourth-order valence-electron chi connectivity index (χ4n) is 2.78. The maximum Gasteiger partial charge on any atom is 0.261 e. The molecule has 0 aliphatic rings. The second-order valence-corrected chi connectivity index (χ2v) is 6.29. The van der Waals surface area contributed by atoms with E-state index in [1.54, 1.807) is 6.07 Å². The molecule has 138 valence electrons. The van der Waals surface area contributed by atoms with Crippen molar-refractivity contribution in [2.24, 2.45) is 0 Å². The van der Waals surface area contributed by atoms with Crippen molar-refractivity contribution in [3.63, 3.8) is 0 Å². The molecule has 0 aliphatic carbocycles. The maximum absolute atomic E-state index is 12.4. The van der Waals surface area contributed by atoms with Gasteiger partial charge in [0.15, 0.2) is 0 Å². The third-order valence-corrected chi connectivity index (χ3v) is 4.19. The number of pyridine rings is 2. The Morgan fingerprint density at radius 1 is 1.15 bits per heavy atom. The summed E-state index contributed by atoms with van der Waals surface area (Å²) in [4.78, 5) is 31.8. The highest BCUT2D eigenvalue weighted by Gasteiger charge is 2.13. The van der Waals surface area contributed by atoms with Crippen molar-refractivity contribution >= 4 is 5.91 Å². The van der Waals surface area contributed by atoms with Crippen LogP contribution in [0.4, 0.5) is 0 Å². The summed E-state index contributed by atoms with van der Waals surface area (Å²) in [7, 11) is 1.53. The van der Waals surface area contributed by atoms with E-state index in [1.807, 2.05) is 50.2 Å². The van der Waals surface area contributed by atoms with Gasteiger partial charge in [-0.15, -0.1) is 0 Å². The van der Waals surface area contributed by atoms with Gasteiger partial charge < -0.3 is 15.0 Å². The Morgan fingerprint density at radius 3 is 2.67 bits per heavy atom. The highest BCUT2D eigenvalue weighted by Crippen LogP contribution is 2.17. The quantitative estimate of drug-likeness (QED) is 0.730. The maximum atomic E-state index is 12.4. The Morgan fingerprint density at radius 2 is 1.96 bits per heavy atom. The number of aryl methyl sites for hydroxylation is 2. The third kappa shape index (κ3) is 4.23. The Kier molecular flexibility index (Phi) is 5.35. The molecule has 2 heterocycles. The van der Waals surface area contributed by atoms with Gasteiger partial charge in [-0.25, -0.2) is 4.98 Å². The van der Waals surface area contributed by atoms with Crippen LogP contribution >= 0.6 is 0 Å². The van der Waals surface area contributed by atoms with Gasteiger partial charge in [0.25, 0.3) is 11.5 Å². The summed E-state index contributed by atoms with van der Waals surface area (Å²) in [5.74, 6) is 0.00803. The Hall–Kier alpha value is -3.41. The summed E-state index contributed by atoms with van der Waals surface area (Å²) in [6, 6.07) is 14.7. The molecule has 1 aromatic carbocycles. The van der Waals surface area contributed by atoms with Crippen molar-refractivity contribution in [2.45, 2.75) is 20.4 Å². The summed E-state index contributed by atoms with van der Waals surface area (Å²) in [5.41, 5.74) is 3.86. The molecule has 0 saturated carbocycles. The number of carbonyl (C=O) groups excluding carboxylic acids is 1. The number of amides is 1. The lowest BCUT2D eigenvalue weighted by molar-refractivity contribution is 0.0949. The zero-order chi connectivity index (χ0) is 19.4. The monoisotopic (exact) mass is 363 g/mol. The molecule has 0 fully saturated rings. The number of benzene rings is 1. The number of methoxy groups -OCH3 is 1. The molecule has 0 unspecified atom stereocenters. The van der Waals surface area contributed by atoms with Crippen molar-refractivity contribution in [3.8, 4) is 17.1 Å². The number of hydrogen-bond acceptors (Lipinski definition) is 4. The van der Waals surface area contributed by atoms with Crippen LogP contribution < -0.4 is 15.6 Å². The van der Waals surface area contributed by atoms with Crippen LogP contribution in [0.2, 0.25) is 0 Å². The molecule has 0 aliphatic heterocycles. The minimum Gasteiger partial charge on any atom is -0.481 e. The molecular weight excluding hydrogens is 342 g/mol. The molecule has 27 heavy (non-hydrogen) atoms. The molecule has 0 radical (unpaired) electrons. The van der Waals surface area contributed by atoms with Crippen molar-refractivity contribution in [2.75, 3.05) is 7.11 Å². The average Bonchev–Trinajstić information content (AvgIpc) is 2.66. The van der Waals surface area contributed by atoms with Crippen LogP contribution in [0.1, 0.15) is 27.2 Å². The fourth-order valence-corrected chi connectivity index (χ4v) is 2.78. The van der Waals surface area contributed by atoms with E-state index in [1.165, 1.54) is 13.2 Å². The van der Waals surface area contributed by atoms with Gasteiger partial charge in [-0.2, -0.15) is 0 Å². The minimum atomic E-state index is -0.449. The molecule has 0 atom stereocenters. The number of ether oxygens (including phenoxy) is 1. The van der Waals surface area contributed by atoms with Crippen LogP contribution in [0.3, 0.4) is 0 Å². The number of rotatable bonds is 5. The van der Waals surface area contributed by atoms with Crippen LogP contribution in [-0.4, -0.2) is 23.0 Å². The van der Waals surface area contributed by atoms with Crippen LogP contribution in [0.25, 0.3) is 11.3 Å². The van der Waals surface area contributed by atoms with Crippen LogP contribution in [0.5, 0.6) is 5.88 Å². The first kappa shape index (κ1) is 18.4. The van der Waals surface area contributed by atoms with Gasteiger partial charge in [0.2, 0.25) is 5.88 Å². The van der Waals surface area contributed by atoms with Crippen LogP contribution in [-0.2, 0) is 6.54 Å². The van der Waals surface area contributed by atoms with E-state index in [0.29, 0.717) is 11.6 Å². The molecule has 2 N–H and O–H groups in total. The van der Waals surface area contributed by atoms with Gasteiger partial charge in [0.1, 0.15) is 5.56 Å². The molecule has 6 heteroatoms. The molecule has 3 rings (SSSR count). The molecule has 0 spiro atoms.